The van der Waals surface area contributed by atoms with Crippen molar-refractivity contribution in [2.75, 3.05) is 6.61 Å². The fourth-order valence-electron chi connectivity index (χ4n) is 2.15. The first-order valence-electron chi connectivity index (χ1n) is 8.30. The molecule has 0 atom stereocenters. The van der Waals surface area contributed by atoms with E-state index in [1.165, 1.54) is 6.07 Å². The number of hydrogen-bond acceptors (Lipinski definition) is 5. The number of hydrogen-bond donors (Lipinski definition) is 1. The fraction of sp³-hybridized carbons (Fsp3) is 0.263. The second kappa shape index (κ2) is 10.3. The van der Waals surface area contributed by atoms with E-state index in [4.69, 9.17) is 4.74 Å². The number of hydrazone groups is 1. The molecule has 2 aromatic carbocycles. The van der Waals surface area contributed by atoms with Gasteiger partial charge in [0.25, 0.3) is 5.91 Å². The molecular formula is C19H18F4N2O4. The van der Waals surface area contributed by atoms with Crippen molar-refractivity contribution < 1.29 is 36.6 Å². The van der Waals surface area contributed by atoms with Crippen LogP contribution in [-0.2, 0) is 4.79 Å². The zero-order valence-electron chi connectivity index (χ0n) is 15.5. The molecule has 0 bridgehead atoms. The van der Waals surface area contributed by atoms with E-state index < -0.39 is 24.9 Å². The van der Waals surface area contributed by atoms with Crippen LogP contribution < -0.4 is 19.6 Å². The van der Waals surface area contributed by atoms with Gasteiger partial charge in [0.1, 0.15) is 17.2 Å². The number of benzene rings is 2. The largest absolute Gasteiger partial charge is 0.484 e. The Bertz CT molecular complexity index is 875. The molecule has 0 aliphatic carbocycles. The zero-order valence-corrected chi connectivity index (χ0v) is 15.5. The molecule has 0 fully saturated rings. The number of aryl methyl sites for hydroxylation is 2. The summed E-state index contributed by atoms with van der Waals surface area (Å²) in [4.78, 5) is 11.8. The Morgan fingerprint density at radius 1 is 1.00 bits per heavy atom. The van der Waals surface area contributed by atoms with Gasteiger partial charge in [-0.25, -0.2) is 5.43 Å². The minimum Gasteiger partial charge on any atom is -0.484 e. The lowest BCUT2D eigenvalue weighted by Gasteiger charge is -2.11. The van der Waals surface area contributed by atoms with E-state index in [0.29, 0.717) is 5.75 Å². The molecule has 2 aromatic rings. The first-order chi connectivity index (χ1) is 13.7. The van der Waals surface area contributed by atoms with Crippen molar-refractivity contribution in [1.82, 2.24) is 5.43 Å². The van der Waals surface area contributed by atoms with Crippen LogP contribution in [0.5, 0.6) is 17.2 Å². The summed E-state index contributed by atoms with van der Waals surface area (Å²) in [7, 11) is 0. The normalized spacial score (nSPS) is 11.2. The van der Waals surface area contributed by atoms with Crippen LogP contribution in [0.4, 0.5) is 17.6 Å². The third kappa shape index (κ3) is 7.32. The van der Waals surface area contributed by atoms with E-state index in [0.717, 1.165) is 29.5 Å². The van der Waals surface area contributed by atoms with E-state index in [1.54, 1.807) is 12.1 Å². The van der Waals surface area contributed by atoms with Gasteiger partial charge in [-0.05, 0) is 49.2 Å². The highest BCUT2D eigenvalue weighted by atomic mass is 19.3. The van der Waals surface area contributed by atoms with Gasteiger partial charge in [-0.3, -0.25) is 4.79 Å². The Morgan fingerprint density at radius 2 is 1.69 bits per heavy atom. The molecule has 156 valence electrons. The zero-order chi connectivity index (χ0) is 21.4. The summed E-state index contributed by atoms with van der Waals surface area (Å²) < 4.78 is 63.3. The molecule has 0 aliphatic rings. The second-order valence-electron chi connectivity index (χ2n) is 5.78. The molecule has 29 heavy (non-hydrogen) atoms. The molecule has 0 saturated heterocycles. The summed E-state index contributed by atoms with van der Waals surface area (Å²) in [5.41, 5.74) is 4.27. The van der Waals surface area contributed by atoms with Gasteiger partial charge in [-0.2, -0.15) is 22.7 Å². The van der Waals surface area contributed by atoms with Gasteiger partial charge in [-0.15, -0.1) is 0 Å². The predicted octanol–water partition coefficient (Wildman–Crippen LogP) is 4.04. The lowest BCUT2D eigenvalue weighted by Crippen LogP contribution is -2.24. The molecule has 0 spiro atoms. The summed E-state index contributed by atoms with van der Waals surface area (Å²) in [5, 5.41) is 3.63. The minimum atomic E-state index is -3.19. The van der Waals surface area contributed by atoms with Crippen molar-refractivity contribution in [3.63, 3.8) is 0 Å². The number of amides is 1. The number of carbonyl (C=O) groups excluding carboxylic acids is 1. The Hall–Kier alpha value is -3.30. The van der Waals surface area contributed by atoms with Crippen molar-refractivity contribution in [1.29, 1.82) is 0 Å². The van der Waals surface area contributed by atoms with Gasteiger partial charge in [0.15, 0.2) is 6.61 Å². The van der Waals surface area contributed by atoms with Crippen LogP contribution in [0.25, 0.3) is 0 Å². The Morgan fingerprint density at radius 3 is 2.34 bits per heavy atom. The molecular weight excluding hydrogens is 396 g/mol. The highest BCUT2D eigenvalue weighted by Gasteiger charge is 2.12. The minimum absolute atomic E-state index is 0.0160. The van der Waals surface area contributed by atoms with E-state index in [1.807, 2.05) is 19.9 Å². The SMILES string of the molecule is Cc1ccc(OCC(=O)N/N=C\c2ccc(OC(F)F)cc2OC(F)F)cc1C. The standard InChI is InChI=1S/C19H18F4N2O4/c1-11-3-5-14(7-12(11)2)27-10-17(26)25-24-9-13-4-6-15(28-18(20)21)8-16(13)29-19(22)23/h3-9,18-19H,10H2,1-2H3,(H,25,26)/b24-9-. The van der Waals surface area contributed by atoms with Crippen LogP contribution in [-0.4, -0.2) is 32.0 Å². The molecule has 0 aliphatic heterocycles. The third-order valence-electron chi connectivity index (χ3n) is 3.67. The number of carbonyl (C=O) groups is 1. The van der Waals surface area contributed by atoms with Gasteiger partial charge in [-0.1, -0.05) is 6.07 Å². The van der Waals surface area contributed by atoms with Crippen LogP contribution in [0.15, 0.2) is 41.5 Å². The lowest BCUT2D eigenvalue weighted by atomic mass is 10.1. The van der Waals surface area contributed by atoms with Crippen molar-refractivity contribution >= 4 is 12.1 Å². The van der Waals surface area contributed by atoms with Crippen molar-refractivity contribution in [3.8, 4) is 17.2 Å². The maximum absolute atomic E-state index is 12.5. The van der Waals surface area contributed by atoms with Crippen molar-refractivity contribution in [2.24, 2.45) is 5.10 Å². The molecule has 1 N–H and O–H groups in total. The van der Waals surface area contributed by atoms with E-state index in [9.17, 15) is 22.4 Å². The molecule has 0 radical (unpaired) electrons. The smallest absolute Gasteiger partial charge is 0.387 e. The van der Waals surface area contributed by atoms with Crippen LogP contribution in [0, 0.1) is 13.8 Å². The molecule has 10 heteroatoms. The summed E-state index contributed by atoms with van der Waals surface area (Å²) in [6.07, 6.45) is 1.03. The highest BCUT2D eigenvalue weighted by molar-refractivity contribution is 5.85. The summed E-state index contributed by atoms with van der Waals surface area (Å²) in [5.74, 6) is -0.885. The van der Waals surface area contributed by atoms with E-state index >= 15 is 0 Å². The molecule has 6 nitrogen and oxygen atoms in total. The number of nitrogens with one attached hydrogen (secondary N) is 1. The summed E-state index contributed by atoms with van der Waals surface area (Å²) in [6, 6.07) is 8.52. The second-order valence-corrected chi connectivity index (χ2v) is 5.78. The highest BCUT2D eigenvalue weighted by Crippen LogP contribution is 2.26. The van der Waals surface area contributed by atoms with Crippen LogP contribution in [0.2, 0.25) is 0 Å². The van der Waals surface area contributed by atoms with Crippen molar-refractivity contribution in [3.05, 3.63) is 53.1 Å². The molecule has 0 saturated carbocycles. The van der Waals surface area contributed by atoms with Gasteiger partial charge in [0.2, 0.25) is 0 Å². The third-order valence-corrected chi connectivity index (χ3v) is 3.67. The maximum atomic E-state index is 12.5. The first-order valence-corrected chi connectivity index (χ1v) is 8.30. The lowest BCUT2D eigenvalue weighted by molar-refractivity contribution is -0.123. The number of halogens is 4. The summed E-state index contributed by atoms with van der Waals surface area (Å²) >= 11 is 0. The topological polar surface area (TPSA) is 69.2 Å². The first kappa shape index (κ1) is 22.0. The molecule has 0 heterocycles. The Labute approximate surface area is 164 Å². The number of nitrogens with zero attached hydrogens (tertiary/aromatic N) is 1. The van der Waals surface area contributed by atoms with E-state index in [-0.39, 0.29) is 17.9 Å². The number of rotatable bonds is 9. The van der Waals surface area contributed by atoms with Crippen molar-refractivity contribution in [2.45, 2.75) is 27.1 Å². The van der Waals surface area contributed by atoms with Gasteiger partial charge < -0.3 is 14.2 Å². The van der Waals surface area contributed by atoms with Crippen LogP contribution in [0.1, 0.15) is 16.7 Å². The molecule has 1 amide bonds. The summed E-state index contributed by atoms with van der Waals surface area (Å²) in [6.45, 7) is -2.78. The average molecular weight is 414 g/mol. The monoisotopic (exact) mass is 414 g/mol. The fourth-order valence-corrected chi connectivity index (χ4v) is 2.15. The molecule has 0 unspecified atom stereocenters. The number of alkyl halides is 4. The predicted molar refractivity (Wildman–Crippen MR) is 96.9 cm³/mol. The molecule has 0 aromatic heterocycles. The van der Waals surface area contributed by atoms with Gasteiger partial charge in [0, 0.05) is 11.6 Å². The van der Waals surface area contributed by atoms with Crippen LogP contribution >= 0.6 is 0 Å². The Kier molecular flexibility index (Phi) is 7.81. The Balaban J connectivity index is 1.96. The van der Waals surface area contributed by atoms with E-state index in [2.05, 4.69) is 20.0 Å². The molecule has 2 rings (SSSR count). The van der Waals surface area contributed by atoms with Gasteiger partial charge >= 0.3 is 13.2 Å². The quantitative estimate of drug-likeness (QED) is 0.382. The number of ether oxygens (including phenoxy) is 3. The maximum Gasteiger partial charge on any atom is 0.387 e. The van der Waals surface area contributed by atoms with Gasteiger partial charge in [0.05, 0.1) is 6.21 Å². The van der Waals surface area contributed by atoms with Crippen LogP contribution in [0.3, 0.4) is 0 Å². The average Bonchev–Trinajstić information content (AvgIpc) is 2.63.